The third kappa shape index (κ3) is 4.10. The van der Waals surface area contributed by atoms with Crippen molar-refractivity contribution in [2.75, 3.05) is 5.32 Å². The van der Waals surface area contributed by atoms with Crippen molar-refractivity contribution in [2.24, 2.45) is 0 Å². The largest absolute Gasteiger partial charge is 0.481 e. The van der Waals surface area contributed by atoms with Crippen LogP contribution in [-0.2, 0) is 10.7 Å². The average Bonchev–Trinajstić information content (AvgIpc) is 2.89. The van der Waals surface area contributed by atoms with Crippen molar-refractivity contribution in [1.29, 1.82) is 0 Å². The van der Waals surface area contributed by atoms with Crippen LogP contribution in [0.2, 0.25) is 5.02 Å². The first-order chi connectivity index (χ1) is 9.58. The maximum absolute atomic E-state index is 12.0. The Morgan fingerprint density at radius 2 is 2.15 bits per heavy atom. The van der Waals surface area contributed by atoms with Gasteiger partial charge in [-0.3, -0.25) is 10.1 Å². The Morgan fingerprint density at radius 1 is 1.45 bits per heavy atom. The number of hydrogen-bond acceptors (Lipinski definition) is 4. The number of hydrogen-bond donors (Lipinski definition) is 1. The molecule has 0 spiro atoms. The van der Waals surface area contributed by atoms with Gasteiger partial charge < -0.3 is 4.74 Å². The number of amides is 1. The van der Waals surface area contributed by atoms with Crippen LogP contribution in [0.1, 0.15) is 12.6 Å². The summed E-state index contributed by atoms with van der Waals surface area (Å²) in [6, 6.07) is 6.83. The molecule has 4 nitrogen and oxygen atoms in total. The second-order valence-electron chi connectivity index (χ2n) is 3.98. The van der Waals surface area contributed by atoms with Gasteiger partial charge in [0.25, 0.3) is 5.91 Å². The Bertz CT molecular complexity index is 586. The molecule has 1 N–H and O–H groups in total. The summed E-state index contributed by atoms with van der Waals surface area (Å²) < 4.78 is 5.52. The zero-order valence-corrected chi connectivity index (χ0v) is 12.9. The van der Waals surface area contributed by atoms with Gasteiger partial charge in [-0.1, -0.05) is 11.6 Å². The summed E-state index contributed by atoms with van der Waals surface area (Å²) in [5.41, 5.74) is 0.734. The quantitative estimate of drug-likeness (QED) is 0.844. The second kappa shape index (κ2) is 6.92. The summed E-state index contributed by atoms with van der Waals surface area (Å²) >= 11 is 12.8. The highest BCUT2D eigenvalue weighted by Gasteiger charge is 2.16. The maximum atomic E-state index is 12.0. The Kier molecular flexibility index (Phi) is 5.23. The van der Waals surface area contributed by atoms with E-state index >= 15 is 0 Å². The number of ether oxygens (including phenoxy) is 1. The van der Waals surface area contributed by atoms with Crippen LogP contribution in [0.3, 0.4) is 0 Å². The minimum atomic E-state index is -0.639. The molecule has 2 rings (SSSR count). The first kappa shape index (κ1) is 15.1. The van der Waals surface area contributed by atoms with Gasteiger partial charge in [-0.25, -0.2) is 4.98 Å². The van der Waals surface area contributed by atoms with Gasteiger partial charge in [0.15, 0.2) is 11.2 Å². The minimum Gasteiger partial charge on any atom is -0.481 e. The number of nitrogens with zero attached hydrogens (tertiary/aromatic N) is 1. The monoisotopic (exact) mass is 330 g/mol. The van der Waals surface area contributed by atoms with E-state index in [9.17, 15) is 4.79 Å². The zero-order chi connectivity index (χ0) is 14.5. The van der Waals surface area contributed by atoms with Gasteiger partial charge in [0.05, 0.1) is 11.6 Å². The first-order valence-electron chi connectivity index (χ1n) is 5.82. The molecule has 0 fully saturated rings. The summed E-state index contributed by atoms with van der Waals surface area (Å²) in [5, 5.41) is 5.61. The summed E-state index contributed by atoms with van der Waals surface area (Å²) in [6.45, 7) is 1.67. The number of aromatic nitrogens is 1. The highest BCUT2D eigenvalue weighted by molar-refractivity contribution is 7.14. The van der Waals surface area contributed by atoms with Crippen molar-refractivity contribution in [1.82, 2.24) is 4.98 Å². The van der Waals surface area contributed by atoms with Gasteiger partial charge in [-0.15, -0.1) is 22.9 Å². The van der Waals surface area contributed by atoms with E-state index in [1.54, 1.807) is 36.6 Å². The van der Waals surface area contributed by atoms with E-state index in [0.717, 1.165) is 5.69 Å². The predicted octanol–water partition coefficient (Wildman–Crippen LogP) is 3.94. The molecule has 1 unspecified atom stereocenters. The number of rotatable bonds is 5. The van der Waals surface area contributed by atoms with Crippen molar-refractivity contribution < 1.29 is 9.53 Å². The number of carbonyl (C=O) groups excluding carboxylic acids is 1. The lowest BCUT2D eigenvalue weighted by molar-refractivity contribution is -0.122. The molecule has 0 aliphatic rings. The van der Waals surface area contributed by atoms with Crippen LogP contribution in [0.4, 0.5) is 5.13 Å². The number of nitrogens with one attached hydrogen (secondary N) is 1. The molecule has 20 heavy (non-hydrogen) atoms. The predicted molar refractivity (Wildman–Crippen MR) is 81.8 cm³/mol. The van der Waals surface area contributed by atoms with Crippen molar-refractivity contribution in [3.8, 4) is 5.75 Å². The fourth-order valence-electron chi connectivity index (χ4n) is 1.40. The smallest absolute Gasteiger partial charge is 0.266 e. The molecule has 1 aromatic carbocycles. The number of benzene rings is 1. The molecule has 7 heteroatoms. The van der Waals surface area contributed by atoms with Crippen molar-refractivity contribution >= 4 is 45.6 Å². The Balaban J connectivity index is 1.93. The summed E-state index contributed by atoms with van der Waals surface area (Å²) in [7, 11) is 0. The molecule has 106 valence electrons. The van der Waals surface area contributed by atoms with Gasteiger partial charge in [-0.05, 0) is 31.2 Å². The molecular weight excluding hydrogens is 319 g/mol. The normalized spacial score (nSPS) is 11.9. The average molecular weight is 331 g/mol. The molecule has 0 saturated carbocycles. The highest BCUT2D eigenvalue weighted by atomic mass is 35.5. The maximum Gasteiger partial charge on any atom is 0.266 e. The molecule has 2 aromatic rings. The van der Waals surface area contributed by atoms with E-state index in [-0.39, 0.29) is 5.91 Å². The summed E-state index contributed by atoms with van der Waals surface area (Å²) in [4.78, 5) is 16.1. The molecule has 0 bridgehead atoms. The minimum absolute atomic E-state index is 0.268. The zero-order valence-electron chi connectivity index (χ0n) is 10.6. The number of anilines is 1. The third-order valence-corrected chi connectivity index (χ3v) is 3.75. The Morgan fingerprint density at radius 3 is 2.75 bits per heavy atom. The number of alkyl halides is 1. The molecule has 0 aliphatic heterocycles. The molecule has 1 atom stereocenters. The molecular formula is C13H12Cl2N2O2S. The van der Waals surface area contributed by atoms with E-state index < -0.39 is 6.10 Å². The SMILES string of the molecule is CC(Oc1ccc(Cl)cc1)C(=O)Nc1nc(CCl)cs1. The molecule has 1 amide bonds. The summed E-state index contributed by atoms with van der Waals surface area (Å²) in [6.07, 6.45) is -0.639. The van der Waals surface area contributed by atoms with E-state index in [4.69, 9.17) is 27.9 Å². The van der Waals surface area contributed by atoms with Crippen molar-refractivity contribution in [3.63, 3.8) is 0 Å². The van der Waals surface area contributed by atoms with Crippen LogP contribution in [0.25, 0.3) is 0 Å². The van der Waals surface area contributed by atoms with Gasteiger partial charge >= 0.3 is 0 Å². The van der Waals surface area contributed by atoms with E-state index in [1.807, 2.05) is 0 Å². The van der Waals surface area contributed by atoms with Crippen LogP contribution in [0.5, 0.6) is 5.75 Å². The third-order valence-electron chi connectivity index (χ3n) is 2.41. The molecule has 0 saturated heterocycles. The number of thiazole rings is 1. The van der Waals surface area contributed by atoms with Crippen LogP contribution in [0.15, 0.2) is 29.6 Å². The van der Waals surface area contributed by atoms with Crippen molar-refractivity contribution in [3.05, 3.63) is 40.4 Å². The first-order valence-corrected chi connectivity index (χ1v) is 7.61. The molecule has 0 aliphatic carbocycles. The van der Waals surface area contributed by atoms with Gasteiger partial charge in [0.2, 0.25) is 0 Å². The summed E-state index contributed by atoms with van der Waals surface area (Å²) in [5.74, 6) is 0.636. The molecule has 1 heterocycles. The Labute approximate surface area is 130 Å². The highest BCUT2D eigenvalue weighted by Crippen LogP contribution is 2.19. The fourth-order valence-corrected chi connectivity index (χ4v) is 2.47. The van der Waals surface area contributed by atoms with Gasteiger partial charge in [0.1, 0.15) is 5.75 Å². The topological polar surface area (TPSA) is 51.2 Å². The van der Waals surface area contributed by atoms with Crippen LogP contribution in [-0.4, -0.2) is 17.0 Å². The lowest BCUT2D eigenvalue weighted by Crippen LogP contribution is -2.30. The van der Waals surface area contributed by atoms with E-state index in [0.29, 0.717) is 21.8 Å². The van der Waals surface area contributed by atoms with E-state index in [1.165, 1.54) is 11.3 Å². The van der Waals surface area contributed by atoms with Crippen LogP contribution in [0, 0.1) is 0 Å². The lowest BCUT2D eigenvalue weighted by Gasteiger charge is -2.13. The van der Waals surface area contributed by atoms with Gasteiger partial charge in [-0.2, -0.15) is 0 Å². The molecule has 1 aromatic heterocycles. The van der Waals surface area contributed by atoms with E-state index in [2.05, 4.69) is 10.3 Å². The lowest BCUT2D eigenvalue weighted by atomic mass is 10.3. The van der Waals surface area contributed by atoms with Crippen molar-refractivity contribution in [2.45, 2.75) is 18.9 Å². The number of halogens is 2. The van der Waals surface area contributed by atoms with Crippen LogP contribution >= 0.6 is 34.5 Å². The fraction of sp³-hybridized carbons (Fsp3) is 0.231. The molecule has 0 radical (unpaired) electrons. The van der Waals surface area contributed by atoms with Crippen LogP contribution < -0.4 is 10.1 Å². The Hall–Kier alpha value is -1.30. The number of carbonyl (C=O) groups is 1. The standard InChI is InChI=1S/C13H12Cl2N2O2S/c1-8(19-11-4-2-9(15)3-5-11)12(18)17-13-16-10(6-14)7-20-13/h2-5,7-8H,6H2,1H3,(H,16,17,18). The van der Waals surface area contributed by atoms with Gasteiger partial charge in [0, 0.05) is 10.4 Å². The second-order valence-corrected chi connectivity index (χ2v) is 5.54.